The van der Waals surface area contributed by atoms with Gasteiger partial charge in [0.05, 0.1) is 23.3 Å². The lowest BCUT2D eigenvalue weighted by Gasteiger charge is -2.24. The third-order valence-corrected chi connectivity index (χ3v) is 7.08. The van der Waals surface area contributed by atoms with Gasteiger partial charge in [0, 0.05) is 16.2 Å². The molecule has 1 saturated carbocycles. The number of hydrogen-bond donors (Lipinski definition) is 1. The lowest BCUT2D eigenvalue weighted by atomic mass is 9.95. The van der Waals surface area contributed by atoms with Gasteiger partial charge in [0.1, 0.15) is 0 Å². The molecule has 180 valence electrons. The molecule has 0 spiro atoms. The maximum atomic E-state index is 13.4. The van der Waals surface area contributed by atoms with Crippen molar-refractivity contribution in [2.75, 3.05) is 16.2 Å². The van der Waals surface area contributed by atoms with Gasteiger partial charge in [-0.15, -0.1) is 0 Å². The predicted molar refractivity (Wildman–Crippen MR) is 124 cm³/mol. The average Bonchev–Trinajstić information content (AvgIpc) is 3.58. The van der Waals surface area contributed by atoms with E-state index in [2.05, 4.69) is 11.9 Å². The van der Waals surface area contributed by atoms with Crippen LogP contribution < -0.4 is 9.62 Å². The molecular formula is C25H22F6N2S. The molecular weight excluding hydrogens is 474 g/mol. The zero-order valence-electron chi connectivity index (χ0n) is 18.2. The zero-order valence-corrected chi connectivity index (χ0v) is 19.0. The van der Waals surface area contributed by atoms with Crippen molar-refractivity contribution < 1.29 is 26.3 Å². The van der Waals surface area contributed by atoms with E-state index in [1.54, 1.807) is 19.1 Å². The fourth-order valence-electron chi connectivity index (χ4n) is 3.82. The van der Waals surface area contributed by atoms with E-state index >= 15 is 0 Å². The second-order valence-electron chi connectivity index (χ2n) is 8.38. The van der Waals surface area contributed by atoms with Crippen LogP contribution in [0.25, 0.3) is 0 Å². The minimum Gasteiger partial charge on any atom is -0.357 e. The number of halogens is 6. The number of allylic oxidation sites excluding steroid dienone is 3. The predicted octanol–water partition coefficient (Wildman–Crippen LogP) is 8.17. The number of nitrogens with one attached hydrogen (secondary N) is 1. The Labute approximate surface area is 198 Å². The van der Waals surface area contributed by atoms with Crippen molar-refractivity contribution in [2.24, 2.45) is 0 Å². The Kier molecular flexibility index (Phi) is 6.27. The molecule has 9 heteroatoms. The maximum absolute atomic E-state index is 13.4. The van der Waals surface area contributed by atoms with Gasteiger partial charge < -0.3 is 9.62 Å². The van der Waals surface area contributed by atoms with Crippen molar-refractivity contribution in [1.29, 1.82) is 0 Å². The standard InChI is InChI=1S/C25H22F6N2S/c1-16(24(26,27)28)7-8-18-15-33(22-6-4-3-5-21(22)32-17(18)2)34-20-11-9-19(10-12-20)23(13-14-23)25(29,30)31/h3-12,32H,1,13-15H2,2H3/b8-7-. The van der Waals surface area contributed by atoms with Gasteiger partial charge in [-0.05, 0) is 67.1 Å². The highest BCUT2D eigenvalue weighted by molar-refractivity contribution is 8.00. The summed E-state index contributed by atoms with van der Waals surface area (Å²) in [7, 11) is 0. The number of alkyl halides is 6. The summed E-state index contributed by atoms with van der Waals surface area (Å²) in [5.74, 6) is 0. The first kappa shape index (κ1) is 24.3. The van der Waals surface area contributed by atoms with Gasteiger partial charge in [0.25, 0.3) is 0 Å². The topological polar surface area (TPSA) is 15.3 Å². The first-order valence-electron chi connectivity index (χ1n) is 10.5. The molecule has 1 N–H and O–H groups in total. The summed E-state index contributed by atoms with van der Waals surface area (Å²) in [6.45, 7) is 5.14. The van der Waals surface area contributed by atoms with Crippen LogP contribution in [0.5, 0.6) is 0 Å². The third kappa shape index (κ3) is 4.85. The number of fused-ring (bicyclic) bond motifs is 1. The summed E-state index contributed by atoms with van der Waals surface area (Å²) < 4.78 is 80.9. The first-order chi connectivity index (χ1) is 15.9. The molecule has 1 aliphatic heterocycles. The molecule has 34 heavy (non-hydrogen) atoms. The number of benzene rings is 2. The summed E-state index contributed by atoms with van der Waals surface area (Å²) in [5, 5.41) is 3.24. The third-order valence-electron chi connectivity index (χ3n) is 6.06. The van der Waals surface area contributed by atoms with E-state index in [1.165, 1.54) is 30.2 Å². The Bertz CT molecular complexity index is 1140. The van der Waals surface area contributed by atoms with Gasteiger partial charge in [-0.3, -0.25) is 0 Å². The van der Waals surface area contributed by atoms with Crippen LogP contribution in [0.15, 0.2) is 89.0 Å². The molecule has 1 heterocycles. The SMILES string of the molecule is C=C(/C=C\C1=C(C)Nc2ccccc2N(Sc2ccc(C3(C(F)(F)F)CC3)cc2)C1)C(F)(F)F. The van der Waals surface area contributed by atoms with E-state index in [9.17, 15) is 26.3 Å². The van der Waals surface area contributed by atoms with E-state index in [1.807, 2.05) is 28.6 Å². The number of para-hydroxylation sites is 2. The quantitative estimate of drug-likeness (QED) is 0.255. The lowest BCUT2D eigenvalue weighted by Crippen LogP contribution is -2.28. The van der Waals surface area contributed by atoms with Gasteiger partial charge in [0.2, 0.25) is 0 Å². The Balaban J connectivity index is 1.60. The molecule has 2 nitrogen and oxygen atoms in total. The molecule has 0 bridgehead atoms. The molecule has 2 aromatic carbocycles. The molecule has 1 fully saturated rings. The molecule has 2 aromatic rings. The fourth-order valence-corrected chi connectivity index (χ4v) is 4.79. The summed E-state index contributed by atoms with van der Waals surface area (Å²) in [6.07, 6.45) is -6.27. The largest absolute Gasteiger partial charge is 0.415 e. The second-order valence-corrected chi connectivity index (χ2v) is 9.48. The van der Waals surface area contributed by atoms with Crippen LogP contribution in [-0.4, -0.2) is 18.9 Å². The molecule has 0 unspecified atom stereocenters. The summed E-state index contributed by atoms with van der Waals surface area (Å²) >= 11 is 1.31. The van der Waals surface area contributed by atoms with Crippen molar-refractivity contribution in [1.82, 2.24) is 0 Å². The number of rotatable bonds is 5. The van der Waals surface area contributed by atoms with Crippen LogP contribution in [-0.2, 0) is 5.41 Å². The van der Waals surface area contributed by atoms with Gasteiger partial charge in [-0.25, -0.2) is 0 Å². The summed E-state index contributed by atoms with van der Waals surface area (Å²) in [4.78, 5) is 0.721. The first-order valence-corrected chi connectivity index (χ1v) is 11.3. The highest BCUT2D eigenvalue weighted by Gasteiger charge is 2.64. The van der Waals surface area contributed by atoms with Crippen molar-refractivity contribution >= 4 is 23.3 Å². The number of nitrogens with zero attached hydrogens (tertiary/aromatic N) is 1. The molecule has 2 aliphatic rings. The minimum absolute atomic E-state index is 0.0944. The molecule has 0 saturated heterocycles. The van der Waals surface area contributed by atoms with Crippen LogP contribution in [0.4, 0.5) is 37.7 Å². The van der Waals surface area contributed by atoms with Crippen LogP contribution in [0.1, 0.15) is 25.3 Å². The van der Waals surface area contributed by atoms with Crippen molar-refractivity contribution in [3.63, 3.8) is 0 Å². The summed E-state index contributed by atoms with van der Waals surface area (Å²) in [5.41, 5.74) is 0.459. The fraction of sp³-hybridized carbons (Fsp3) is 0.280. The van der Waals surface area contributed by atoms with Crippen molar-refractivity contribution in [3.05, 3.63) is 89.7 Å². The normalized spacial score (nSPS) is 17.9. The average molecular weight is 497 g/mol. The smallest absolute Gasteiger partial charge is 0.357 e. The molecule has 0 radical (unpaired) electrons. The molecule has 0 amide bonds. The van der Waals surface area contributed by atoms with Crippen LogP contribution >= 0.6 is 11.9 Å². The number of hydrogen-bond acceptors (Lipinski definition) is 3. The van der Waals surface area contributed by atoms with Crippen molar-refractivity contribution in [3.8, 4) is 0 Å². The molecule has 0 atom stereocenters. The van der Waals surface area contributed by atoms with Crippen LogP contribution in [0, 0.1) is 0 Å². The molecule has 4 rings (SSSR count). The highest BCUT2D eigenvalue weighted by atomic mass is 32.2. The van der Waals surface area contributed by atoms with E-state index in [0.717, 1.165) is 22.3 Å². The Hall–Kier alpha value is -2.81. The van der Waals surface area contributed by atoms with Crippen LogP contribution in [0.2, 0.25) is 0 Å². The van der Waals surface area contributed by atoms with Gasteiger partial charge >= 0.3 is 12.4 Å². The van der Waals surface area contributed by atoms with E-state index in [0.29, 0.717) is 11.3 Å². The van der Waals surface area contributed by atoms with Gasteiger partial charge in [0.15, 0.2) is 0 Å². The minimum atomic E-state index is -4.52. The maximum Gasteiger partial charge on any atom is 0.415 e. The molecule has 1 aliphatic carbocycles. The second kappa shape index (κ2) is 8.76. The zero-order chi connectivity index (χ0) is 24.7. The lowest BCUT2D eigenvalue weighted by molar-refractivity contribution is -0.160. The Morgan fingerprint density at radius 3 is 2.26 bits per heavy atom. The van der Waals surface area contributed by atoms with Gasteiger partial charge in [-0.1, -0.05) is 43.0 Å². The van der Waals surface area contributed by atoms with Crippen LogP contribution in [0.3, 0.4) is 0 Å². The van der Waals surface area contributed by atoms with Crippen molar-refractivity contribution in [2.45, 2.75) is 42.4 Å². The monoisotopic (exact) mass is 496 g/mol. The highest BCUT2D eigenvalue weighted by Crippen LogP contribution is 2.59. The van der Waals surface area contributed by atoms with E-state index < -0.39 is 23.3 Å². The Morgan fingerprint density at radius 1 is 1.03 bits per heavy atom. The summed E-state index contributed by atoms with van der Waals surface area (Å²) in [6, 6.07) is 13.8. The Morgan fingerprint density at radius 2 is 1.68 bits per heavy atom. The number of anilines is 2. The van der Waals surface area contributed by atoms with E-state index in [-0.39, 0.29) is 24.9 Å². The van der Waals surface area contributed by atoms with E-state index in [4.69, 9.17) is 0 Å². The molecule has 0 aromatic heterocycles. The van der Waals surface area contributed by atoms with Gasteiger partial charge in [-0.2, -0.15) is 26.3 Å².